The maximum atomic E-state index is 11.9. The van der Waals surface area contributed by atoms with Crippen LogP contribution in [0.15, 0.2) is 36.9 Å². The fourth-order valence-corrected chi connectivity index (χ4v) is 3.43. The summed E-state index contributed by atoms with van der Waals surface area (Å²) in [6, 6.07) is 7.65. The van der Waals surface area contributed by atoms with Crippen molar-refractivity contribution in [3.05, 3.63) is 36.9 Å². The minimum absolute atomic E-state index is 0.00524. The number of nitrogen functional groups attached to an aromatic ring is 1. The van der Waals surface area contributed by atoms with E-state index in [-0.39, 0.29) is 5.75 Å². The van der Waals surface area contributed by atoms with E-state index in [9.17, 15) is 8.42 Å². The Hall–Kier alpha value is -1.53. The van der Waals surface area contributed by atoms with Crippen LogP contribution in [0, 0.1) is 0 Å². The molecule has 1 aromatic carbocycles. The number of hydrogen-bond donors (Lipinski definition) is 1. The Morgan fingerprint density at radius 2 is 1.95 bits per heavy atom. The van der Waals surface area contributed by atoms with Gasteiger partial charge in [-0.2, -0.15) is 4.31 Å². The SMILES string of the molecule is C=CCS(=O)(=O)N1CCN(c2cccc(N)c2)CC1. The average Bonchev–Trinajstić information content (AvgIpc) is 2.39. The molecule has 0 saturated carbocycles. The molecule has 1 heterocycles. The molecule has 2 rings (SSSR count). The van der Waals surface area contributed by atoms with E-state index in [0.29, 0.717) is 26.2 Å². The first-order valence-electron chi connectivity index (χ1n) is 6.22. The third-order valence-corrected chi connectivity index (χ3v) is 5.00. The van der Waals surface area contributed by atoms with Crippen LogP contribution in [0.5, 0.6) is 0 Å². The zero-order chi connectivity index (χ0) is 13.9. The Kier molecular flexibility index (Phi) is 4.11. The molecule has 1 aliphatic heterocycles. The van der Waals surface area contributed by atoms with Gasteiger partial charge < -0.3 is 10.6 Å². The summed E-state index contributed by atoms with van der Waals surface area (Å²) in [5, 5.41) is 0. The van der Waals surface area contributed by atoms with Gasteiger partial charge in [-0.05, 0) is 18.2 Å². The molecular weight excluding hydrogens is 262 g/mol. The highest BCUT2D eigenvalue weighted by atomic mass is 32.2. The molecule has 1 fully saturated rings. The maximum absolute atomic E-state index is 11.9. The van der Waals surface area contributed by atoms with E-state index in [2.05, 4.69) is 11.5 Å². The molecule has 2 N–H and O–H groups in total. The Morgan fingerprint density at radius 1 is 1.26 bits per heavy atom. The topological polar surface area (TPSA) is 66.6 Å². The minimum atomic E-state index is -3.18. The molecule has 0 spiro atoms. The molecule has 0 unspecified atom stereocenters. The van der Waals surface area contributed by atoms with Crippen molar-refractivity contribution in [1.82, 2.24) is 4.31 Å². The fourth-order valence-electron chi connectivity index (χ4n) is 2.20. The third kappa shape index (κ3) is 3.27. The van der Waals surface area contributed by atoms with Gasteiger partial charge >= 0.3 is 0 Å². The second kappa shape index (κ2) is 5.63. The molecule has 6 heteroatoms. The van der Waals surface area contributed by atoms with Gasteiger partial charge in [0, 0.05) is 37.6 Å². The monoisotopic (exact) mass is 281 g/mol. The molecule has 0 amide bonds. The van der Waals surface area contributed by atoms with Crippen molar-refractivity contribution < 1.29 is 8.42 Å². The molecular formula is C13H19N3O2S. The van der Waals surface area contributed by atoms with Gasteiger partial charge in [-0.25, -0.2) is 8.42 Å². The van der Waals surface area contributed by atoms with E-state index in [0.717, 1.165) is 11.4 Å². The van der Waals surface area contributed by atoms with Crippen LogP contribution >= 0.6 is 0 Å². The molecule has 19 heavy (non-hydrogen) atoms. The first-order valence-corrected chi connectivity index (χ1v) is 7.83. The highest BCUT2D eigenvalue weighted by Gasteiger charge is 2.25. The van der Waals surface area contributed by atoms with Crippen LogP contribution in [0.3, 0.4) is 0 Å². The van der Waals surface area contributed by atoms with E-state index in [1.165, 1.54) is 10.4 Å². The van der Waals surface area contributed by atoms with Crippen molar-refractivity contribution >= 4 is 21.4 Å². The summed E-state index contributed by atoms with van der Waals surface area (Å²) in [5.74, 6) is 0.00524. The average molecular weight is 281 g/mol. The number of sulfonamides is 1. The van der Waals surface area contributed by atoms with Gasteiger partial charge in [0.1, 0.15) is 0 Å². The molecule has 104 valence electrons. The predicted octanol–water partition coefficient (Wildman–Crippen LogP) is 0.907. The van der Waals surface area contributed by atoms with E-state index in [4.69, 9.17) is 5.73 Å². The number of anilines is 2. The van der Waals surface area contributed by atoms with Gasteiger partial charge in [0.15, 0.2) is 0 Å². The van der Waals surface area contributed by atoms with Gasteiger partial charge in [-0.1, -0.05) is 12.1 Å². The number of piperazine rings is 1. The van der Waals surface area contributed by atoms with Crippen LogP contribution in [0.2, 0.25) is 0 Å². The smallest absolute Gasteiger partial charge is 0.217 e. The third-order valence-electron chi connectivity index (χ3n) is 3.20. The number of rotatable bonds is 4. The van der Waals surface area contributed by atoms with Gasteiger partial charge in [0.2, 0.25) is 10.0 Å². The van der Waals surface area contributed by atoms with Crippen LogP contribution in [0.25, 0.3) is 0 Å². The Bertz CT molecular complexity index is 549. The lowest BCUT2D eigenvalue weighted by Gasteiger charge is -2.35. The Morgan fingerprint density at radius 3 is 2.53 bits per heavy atom. The van der Waals surface area contributed by atoms with Gasteiger partial charge in [0.25, 0.3) is 0 Å². The Labute approximate surface area is 114 Å². The first kappa shape index (κ1) is 13.9. The Balaban J connectivity index is 2.02. The van der Waals surface area contributed by atoms with Gasteiger partial charge in [-0.3, -0.25) is 0 Å². The number of hydrogen-bond acceptors (Lipinski definition) is 4. The molecule has 0 aliphatic carbocycles. The summed E-state index contributed by atoms with van der Waals surface area (Å²) in [4.78, 5) is 2.15. The molecule has 1 aliphatic rings. The van der Waals surface area contributed by atoms with Crippen molar-refractivity contribution in [2.75, 3.05) is 42.6 Å². The highest BCUT2D eigenvalue weighted by molar-refractivity contribution is 7.89. The molecule has 1 saturated heterocycles. The molecule has 0 bridgehead atoms. The van der Waals surface area contributed by atoms with Gasteiger partial charge in [0.05, 0.1) is 5.75 Å². The quantitative estimate of drug-likeness (QED) is 0.658. The van der Waals surface area contributed by atoms with E-state index < -0.39 is 10.0 Å². The van der Waals surface area contributed by atoms with Crippen molar-refractivity contribution in [3.63, 3.8) is 0 Å². The maximum Gasteiger partial charge on any atom is 0.217 e. The van der Waals surface area contributed by atoms with Crippen molar-refractivity contribution in [2.45, 2.75) is 0 Å². The molecule has 5 nitrogen and oxygen atoms in total. The molecule has 0 radical (unpaired) electrons. The van der Waals surface area contributed by atoms with Crippen LogP contribution in [-0.2, 0) is 10.0 Å². The second-order valence-corrected chi connectivity index (χ2v) is 6.56. The molecule has 1 aromatic rings. The number of benzene rings is 1. The predicted molar refractivity (Wildman–Crippen MR) is 78.6 cm³/mol. The minimum Gasteiger partial charge on any atom is -0.399 e. The number of nitrogens with zero attached hydrogens (tertiary/aromatic N) is 2. The van der Waals surface area contributed by atoms with Crippen LogP contribution in [-0.4, -0.2) is 44.7 Å². The largest absolute Gasteiger partial charge is 0.399 e. The summed E-state index contributed by atoms with van der Waals surface area (Å²) in [7, 11) is -3.18. The summed E-state index contributed by atoms with van der Waals surface area (Å²) in [5.41, 5.74) is 7.52. The number of nitrogens with two attached hydrogens (primary N) is 1. The lowest BCUT2D eigenvalue weighted by atomic mass is 10.2. The van der Waals surface area contributed by atoms with Crippen LogP contribution in [0.1, 0.15) is 0 Å². The van der Waals surface area contributed by atoms with Crippen LogP contribution in [0.4, 0.5) is 11.4 Å². The van der Waals surface area contributed by atoms with Gasteiger partial charge in [-0.15, -0.1) is 6.58 Å². The lowest BCUT2D eigenvalue weighted by molar-refractivity contribution is 0.386. The molecule has 0 atom stereocenters. The van der Waals surface area contributed by atoms with Crippen molar-refractivity contribution in [3.8, 4) is 0 Å². The summed E-state index contributed by atoms with van der Waals surface area (Å²) in [6.07, 6.45) is 1.43. The summed E-state index contributed by atoms with van der Waals surface area (Å²) < 4.78 is 25.3. The summed E-state index contributed by atoms with van der Waals surface area (Å²) in [6.45, 7) is 5.85. The fraction of sp³-hybridized carbons (Fsp3) is 0.385. The van der Waals surface area contributed by atoms with E-state index in [1.807, 2.05) is 24.3 Å². The van der Waals surface area contributed by atoms with E-state index >= 15 is 0 Å². The van der Waals surface area contributed by atoms with Crippen molar-refractivity contribution in [1.29, 1.82) is 0 Å². The van der Waals surface area contributed by atoms with E-state index in [1.54, 1.807) is 0 Å². The van der Waals surface area contributed by atoms with Crippen molar-refractivity contribution in [2.24, 2.45) is 0 Å². The molecule has 0 aromatic heterocycles. The summed E-state index contributed by atoms with van der Waals surface area (Å²) >= 11 is 0. The standard InChI is InChI=1S/C13H19N3O2S/c1-2-10-19(17,18)16-8-6-15(7-9-16)13-5-3-4-12(14)11-13/h2-5,11H,1,6-10,14H2. The first-order chi connectivity index (χ1) is 9.03. The lowest BCUT2D eigenvalue weighted by Crippen LogP contribution is -2.49. The zero-order valence-electron chi connectivity index (χ0n) is 10.8. The van der Waals surface area contributed by atoms with Crippen LogP contribution < -0.4 is 10.6 Å². The highest BCUT2D eigenvalue weighted by Crippen LogP contribution is 2.20. The second-order valence-electron chi connectivity index (χ2n) is 4.55. The normalized spacial score (nSPS) is 17.4. The zero-order valence-corrected chi connectivity index (χ0v) is 11.6.